The lowest BCUT2D eigenvalue weighted by Gasteiger charge is -2.19. The maximum atomic E-state index is 6.09. The summed E-state index contributed by atoms with van der Waals surface area (Å²) in [7, 11) is 2.05. The molecule has 4 heterocycles. The predicted molar refractivity (Wildman–Crippen MR) is 124 cm³/mol. The summed E-state index contributed by atoms with van der Waals surface area (Å²) in [5.41, 5.74) is 1.19. The van der Waals surface area contributed by atoms with Crippen LogP contribution in [-0.2, 0) is 13.6 Å². The van der Waals surface area contributed by atoms with E-state index in [0.717, 1.165) is 28.9 Å². The molecule has 3 aromatic heterocycles. The minimum absolute atomic E-state index is 0.689. The van der Waals surface area contributed by atoms with Gasteiger partial charge in [-0.25, -0.2) is 4.98 Å². The number of aryl methyl sites for hydroxylation is 1. The number of hydrogen-bond acceptors (Lipinski definition) is 5. The topological polar surface area (TPSA) is 42.3 Å². The normalized spacial score (nSPS) is 16.9. The lowest BCUT2D eigenvalue weighted by molar-refractivity contribution is 0.262. The predicted octanol–water partition coefficient (Wildman–Crippen LogP) is 6.16. The first kappa shape index (κ1) is 19.2. The standard InChI is InChI=1S/C24H26N4OS/c1-17-4-3-12-28(17)16-21-6-8-24(30-21)26-23-15-20(9-11-25-23)29-19-5-7-22-18(14-19)10-13-27(22)2/h5-11,13-15,17H,3-4,12,16H2,1-2H3,(H,25,26)/t17-/m0/s1. The molecule has 0 radical (unpaired) electrons. The summed E-state index contributed by atoms with van der Waals surface area (Å²) < 4.78 is 8.19. The first-order valence-electron chi connectivity index (χ1n) is 10.4. The SMILES string of the molecule is C[C@H]1CCCN1Cc1ccc(Nc2cc(Oc3ccc4c(ccn4C)c3)ccn2)s1. The van der Waals surface area contributed by atoms with E-state index in [-0.39, 0.29) is 0 Å². The van der Waals surface area contributed by atoms with Crippen molar-refractivity contribution in [3.05, 3.63) is 65.8 Å². The van der Waals surface area contributed by atoms with Crippen molar-refractivity contribution in [1.82, 2.24) is 14.5 Å². The average Bonchev–Trinajstić information content (AvgIpc) is 3.44. The molecule has 4 aromatic rings. The van der Waals surface area contributed by atoms with Crippen molar-refractivity contribution in [2.45, 2.75) is 32.4 Å². The Morgan fingerprint density at radius 3 is 2.90 bits per heavy atom. The van der Waals surface area contributed by atoms with Gasteiger partial charge in [0.25, 0.3) is 0 Å². The number of hydrogen-bond donors (Lipinski definition) is 1. The van der Waals surface area contributed by atoms with Gasteiger partial charge in [-0.15, -0.1) is 11.3 Å². The van der Waals surface area contributed by atoms with Gasteiger partial charge < -0.3 is 14.6 Å². The number of nitrogens with zero attached hydrogens (tertiary/aromatic N) is 3. The van der Waals surface area contributed by atoms with Crippen molar-refractivity contribution in [2.75, 3.05) is 11.9 Å². The number of ether oxygens (including phenoxy) is 1. The molecule has 1 aliphatic rings. The number of rotatable bonds is 6. The molecule has 5 rings (SSSR count). The molecule has 0 bridgehead atoms. The fourth-order valence-corrected chi connectivity index (χ4v) is 5.03. The van der Waals surface area contributed by atoms with Crippen molar-refractivity contribution in [3.8, 4) is 11.5 Å². The van der Waals surface area contributed by atoms with Gasteiger partial charge in [-0.1, -0.05) is 0 Å². The van der Waals surface area contributed by atoms with Gasteiger partial charge in [0.05, 0.1) is 5.00 Å². The molecule has 1 fully saturated rings. The fraction of sp³-hybridized carbons (Fsp3) is 0.292. The first-order valence-corrected chi connectivity index (χ1v) is 11.2. The lowest BCUT2D eigenvalue weighted by atomic mass is 10.2. The smallest absolute Gasteiger partial charge is 0.134 e. The van der Waals surface area contributed by atoms with Crippen molar-refractivity contribution < 1.29 is 4.74 Å². The third kappa shape index (κ3) is 4.06. The number of benzene rings is 1. The third-order valence-electron chi connectivity index (χ3n) is 5.79. The van der Waals surface area contributed by atoms with E-state index in [1.54, 1.807) is 17.5 Å². The third-order valence-corrected chi connectivity index (χ3v) is 6.77. The van der Waals surface area contributed by atoms with E-state index in [1.807, 2.05) is 25.2 Å². The van der Waals surface area contributed by atoms with Gasteiger partial charge in [-0.3, -0.25) is 4.90 Å². The van der Waals surface area contributed by atoms with E-state index in [0.29, 0.717) is 6.04 Å². The Bertz CT molecular complexity index is 1160. The van der Waals surface area contributed by atoms with Gasteiger partial charge in [0.15, 0.2) is 0 Å². The summed E-state index contributed by atoms with van der Waals surface area (Å²) in [6.45, 7) is 4.56. The van der Waals surface area contributed by atoms with Crippen LogP contribution in [0.25, 0.3) is 10.9 Å². The van der Waals surface area contributed by atoms with Crippen LogP contribution >= 0.6 is 11.3 Å². The Labute approximate surface area is 180 Å². The second kappa shape index (κ2) is 8.13. The first-order chi connectivity index (χ1) is 14.6. The van der Waals surface area contributed by atoms with Crippen LogP contribution in [0.5, 0.6) is 11.5 Å². The molecule has 0 aliphatic carbocycles. The number of anilines is 2. The lowest BCUT2D eigenvalue weighted by Crippen LogP contribution is -2.25. The summed E-state index contributed by atoms with van der Waals surface area (Å²) in [5, 5.41) is 5.70. The molecular formula is C24H26N4OS. The highest BCUT2D eigenvalue weighted by Gasteiger charge is 2.20. The summed E-state index contributed by atoms with van der Waals surface area (Å²) in [4.78, 5) is 8.40. The Hall–Kier alpha value is -2.83. The van der Waals surface area contributed by atoms with Crippen LogP contribution in [0.15, 0.2) is 60.9 Å². The highest BCUT2D eigenvalue weighted by molar-refractivity contribution is 7.16. The molecule has 1 saturated heterocycles. The summed E-state index contributed by atoms with van der Waals surface area (Å²) in [6, 6.07) is 17.1. The zero-order chi connectivity index (χ0) is 20.5. The molecule has 5 nitrogen and oxygen atoms in total. The zero-order valence-electron chi connectivity index (χ0n) is 17.3. The second-order valence-corrected chi connectivity index (χ2v) is 9.15. The molecule has 0 unspecified atom stereocenters. The Kier molecular flexibility index (Phi) is 5.19. The fourth-order valence-electron chi connectivity index (χ4n) is 4.09. The summed E-state index contributed by atoms with van der Waals surface area (Å²) >= 11 is 1.79. The zero-order valence-corrected chi connectivity index (χ0v) is 18.2. The van der Waals surface area contributed by atoms with Crippen molar-refractivity contribution in [2.24, 2.45) is 7.05 Å². The van der Waals surface area contributed by atoms with Crippen molar-refractivity contribution in [1.29, 1.82) is 0 Å². The monoisotopic (exact) mass is 418 g/mol. The maximum absolute atomic E-state index is 6.09. The number of fused-ring (bicyclic) bond motifs is 1. The molecule has 1 aliphatic heterocycles. The van der Waals surface area contributed by atoms with Crippen LogP contribution < -0.4 is 10.1 Å². The van der Waals surface area contributed by atoms with Crippen LogP contribution in [0.4, 0.5) is 10.8 Å². The number of nitrogens with one attached hydrogen (secondary N) is 1. The average molecular weight is 419 g/mol. The van der Waals surface area contributed by atoms with E-state index in [2.05, 4.69) is 63.2 Å². The van der Waals surface area contributed by atoms with Gasteiger partial charge >= 0.3 is 0 Å². The largest absolute Gasteiger partial charge is 0.457 e. The Morgan fingerprint density at radius 2 is 2.03 bits per heavy atom. The molecule has 1 atom stereocenters. The summed E-state index contributed by atoms with van der Waals surface area (Å²) in [5.74, 6) is 2.38. The molecule has 6 heteroatoms. The molecule has 1 aromatic carbocycles. The number of aromatic nitrogens is 2. The molecular weight excluding hydrogens is 392 g/mol. The summed E-state index contributed by atoms with van der Waals surface area (Å²) in [6.07, 6.45) is 6.46. The maximum Gasteiger partial charge on any atom is 0.134 e. The van der Waals surface area contributed by atoms with Gasteiger partial charge in [-0.2, -0.15) is 0 Å². The van der Waals surface area contributed by atoms with E-state index >= 15 is 0 Å². The highest BCUT2D eigenvalue weighted by atomic mass is 32.1. The van der Waals surface area contributed by atoms with Crippen LogP contribution in [0.2, 0.25) is 0 Å². The molecule has 0 saturated carbocycles. The minimum Gasteiger partial charge on any atom is -0.457 e. The van der Waals surface area contributed by atoms with Crippen LogP contribution in [0, 0.1) is 0 Å². The van der Waals surface area contributed by atoms with Crippen LogP contribution in [0.1, 0.15) is 24.6 Å². The Morgan fingerprint density at radius 1 is 1.13 bits per heavy atom. The van der Waals surface area contributed by atoms with E-state index in [1.165, 1.54) is 35.2 Å². The number of pyridine rings is 1. The minimum atomic E-state index is 0.689. The van der Waals surface area contributed by atoms with E-state index in [4.69, 9.17) is 4.74 Å². The van der Waals surface area contributed by atoms with Crippen molar-refractivity contribution in [3.63, 3.8) is 0 Å². The Balaban J connectivity index is 1.26. The van der Waals surface area contributed by atoms with Crippen LogP contribution in [0.3, 0.4) is 0 Å². The van der Waals surface area contributed by atoms with Crippen molar-refractivity contribution >= 4 is 33.1 Å². The molecule has 30 heavy (non-hydrogen) atoms. The molecule has 154 valence electrons. The van der Waals surface area contributed by atoms with E-state index in [9.17, 15) is 0 Å². The van der Waals surface area contributed by atoms with Gasteiger partial charge in [0.2, 0.25) is 0 Å². The van der Waals surface area contributed by atoms with Gasteiger partial charge in [-0.05, 0) is 68.8 Å². The van der Waals surface area contributed by atoms with Gasteiger partial charge in [0, 0.05) is 53.9 Å². The van der Waals surface area contributed by atoms with Gasteiger partial charge in [0.1, 0.15) is 17.3 Å². The molecule has 1 N–H and O–H groups in total. The second-order valence-electron chi connectivity index (χ2n) is 7.98. The molecule has 0 amide bonds. The molecule has 0 spiro atoms. The van der Waals surface area contributed by atoms with Crippen LogP contribution in [-0.4, -0.2) is 27.0 Å². The van der Waals surface area contributed by atoms with E-state index < -0.39 is 0 Å². The number of thiophene rings is 1. The highest BCUT2D eigenvalue weighted by Crippen LogP contribution is 2.31. The number of likely N-dealkylation sites (tertiary alicyclic amines) is 1. The quantitative estimate of drug-likeness (QED) is 0.407.